The topological polar surface area (TPSA) is 76.5 Å². The number of nitrogens with zero attached hydrogens (tertiary/aromatic N) is 3. The molecule has 0 radical (unpaired) electrons. The lowest BCUT2D eigenvalue weighted by Crippen LogP contribution is -2.31. The van der Waals surface area contributed by atoms with Crippen LogP contribution < -0.4 is 10.1 Å². The molecule has 3 aromatic rings. The van der Waals surface area contributed by atoms with E-state index in [4.69, 9.17) is 4.74 Å². The van der Waals surface area contributed by atoms with Crippen LogP contribution in [0.3, 0.4) is 0 Å². The monoisotopic (exact) mass is 390 g/mol. The highest BCUT2D eigenvalue weighted by atomic mass is 16.5. The van der Waals surface area contributed by atoms with Crippen LogP contribution in [0, 0.1) is 5.92 Å². The summed E-state index contributed by atoms with van der Waals surface area (Å²) in [5.41, 5.74) is 2.15. The molecule has 4 rings (SSSR count). The van der Waals surface area contributed by atoms with Gasteiger partial charge in [-0.1, -0.05) is 12.1 Å². The van der Waals surface area contributed by atoms with Gasteiger partial charge in [-0.3, -0.25) is 9.59 Å². The van der Waals surface area contributed by atoms with Crippen molar-refractivity contribution in [3.05, 3.63) is 72.6 Å². The molecule has 1 fully saturated rings. The van der Waals surface area contributed by atoms with Gasteiger partial charge in [-0.15, -0.1) is 0 Å². The van der Waals surface area contributed by atoms with Crippen LogP contribution in [0.4, 0.5) is 5.69 Å². The summed E-state index contributed by atoms with van der Waals surface area (Å²) in [7, 11) is 1.57. The molecule has 29 heavy (non-hydrogen) atoms. The zero-order chi connectivity index (χ0) is 20.2. The Morgan fingerprint density at radius 2 is 2.00 bits per heavy atom. The number of rotatable bonds is 5. The molecular weight excluding hydrogens is 368 g/mol. The maximum Gasteiger partial charge on any atom is 0.254 e. The molecule has 0 saturated carbocycles. The smallest absolute Gasteiger partial charge is 0.254 e. The average Bonchev–Trinajstić information content (AvgIpc) is 3.46. The molecule has 1 aliphatic heterocycles. The molecule has 0 bridgehead atoms. The fraction of sp³-hybridized carbons (Fsp3) is 0.227. The molecule has 1 unspecified atom stereocenters. The maximum absolute atomic E-state index is 12.7. The van der Waals surface area contributed by atoms with Crippen LogP contribution in [-0.4, -0.2) is 46.7 Å². The summed E-state index contributed by atoms with van der Waals surface area (Å²) in [5.74, 6) is 0.239. The number of nitrogens with one attached hydrogen (secondary N) is 1. The van der Waals surface area contributed by atoms with Gasteiger partial charge < -0.3 is 15.0 Å². The molecule has 1 saturated heterocycles. The quantitative estimate of drug-likeness (QED) is 0.727. The van der Waals surface area contributed by atoms with Gasteiger partial charge in [0.1, 0.15) is 5.75 Å². The third-order valence-corrected chi connectivity index (χ3v) is 5.05. The molecule has 1 N–H and O–H groups in total. The molecule has 1 aromatic heterocycles. The lowest BCUT2D eigenvalue weighted by molar-refractivity contribution is -0.119. The van der Waals surface area contributed by atoms with E-state index in [2.05, 4.69) is 10.4 Å². The zero-order valence-electron chi connectivity index (χ0n) is 16.1. The second-order valence-corrected chi connectivity index (χ2v) is 6.96. The highest BCUT2D eigenvalue weighted by molar-refractivity contribution is 5.97. The summed E-state index contributed by atoms with van der Waals surface area (Å²) in [6, 6.07) is 16.4. The van der Waals surface area contributed by atoms with Gasteiger partial charge in [0.2, 0.25) is 5.91 Å². The predicted molar refractivity (Wildman–Crippen MR) is 109 cm³/mol. The summed E-state index contributed by atoms with van der Waals surface area (Å²) in [6.07, 6.45) is 4.19. The van der Waals surface area contributed by atoms with Gasteiger partial charge in [-0.25, -0.2) is 4.68 Å². The van der Waals surface area contributed by atoms with E-state index < -0.39 is 0 Å². The number of ether oxygens (including phenoxy) is 1. The van der Waals surface area contributed by atoms with E-state index in [0.717, 1.165) is 5.69 Å². The maximum atomic E-state index is 12.7. The minimum Gasteiger partial charge on any atom is -0.497 e. The van der Waals surface area contributed by atoms with Crippen molar-refractivity contribution in [1.82, 2.24) is 14.7 Å². The van der Waals surface area contributed by atoms with Crippen LogP contribution in [0.25, 0.3) is 5.69 Å². The Hall–Kier alpha value is -3.61. The van der Waals surface area contributed by atoms with Crippen molar-refractivity contribution in [2.45, 2.75) is 6.42 Å². The van der Waals surface area contributed by atoms with Crippen LogP contribution in [0.2, 0.25) is 0 Å². The van der Waals surface area contributed by atoms with Gasteiger partial charge in [0.25, 0.3) is 5.91 Å². The van der Waals surface area contributed by atoms with Crippen molar-refractivity contribution in [2.24, 2.45) is 5.92 Å². The molecule has 1 aliphatic rings. The van der Waals surface area contributed by atoms with Crippen molar-refractivity contribution < 1.29 is 14.3 Å². The normalized spacial score (nSPS) is 15.9. The average molecular weight is 390 g/mol. The summed E-state index contributed by atoms with van der Waals surface area (Å²) < 4.78 is 6.92. The second kappa shape index (κ2) is 8.18. The summed E-state index contributed by atoms with van der Waals surface area (Å²) in [5, 5.41) is 7.17. The predicted octanol–water partition coefficient (Wildman–Crippen LogP) is 2.98. The first-order valence-electron chi connectivity index (χ1n) is 9.48. The largest absolute Gasteiger partial charge is 0.497 e. The molecule has 7 heteroatoms. The number of anilines is 1. The van der Waals surface area contributed by atoms with Gasteiger partial charge >= 0.3 is 0 Å². The molecule has 0 spiro atoms. The summed E-state index contributed by atoms with van der Waals surface area (Å²) in [6.45, 7) is 0.960. The van der Waals surface area contributed by atoms with E-state index in [0.29, 0.717) is 36.5 Å². The van der Waals surface area contributed by atoms with E-state index >= 15 is 0 Å². The van der Waals surface area contributed by atoms with Crippen molar-refractivity contribution in [2.75, 3.05) is 25.5 Å². The highest BCUT2D eigenvalue weighted by Gasteiger charge is 2.31. The summed E-state index contributed by atoms with van der Waals surface area (Å²) in [4.78, 5) is 27.2. The number of methoxy groups -OCH3 is 1. The van der Waals surface area contributed by atoms with E-state index in [1.54, 1.807) is 47.2 Å². The molecule has 2 aromatic carbocycles. The first-order chi connectivity index (χ1) is 14.1. The van der Waals surface area contributed by atoms with Gasteiger partial charge in [-0.05, 0) is 48.9 Å². The van der Waals surface area contributed by atoms with E-state index in [1.165, 1.54) is 0 Å². The third-order valence-electron chi connectivity index (χ3n) is 5.05. The van der Waals surface area contributed by atoms with Crippen molar-refractivity contribution in [3.8, 4) is 11.4 Å². The Balaban J connectivity index is 1.39. The van der Waals surface area contributed by atoms with Crippen molar-refractivity contribution in [3.63, 3.8) is 0 Å². The Bertz CT molecular complexity index is 1020. The second-order valence-electron chi connectivity index (χ2n) is 6.96. The van der Waals surface area contributed by atoms with Crippen LogP contribution in [0.15, 0.2) is 67.0 Å². The van der Waals surface area contributed by atoms with Crippen LogP contribution >= 0.6 is 0 Å². The molecule has 148 valence electrons. The van der Waals surface area contributed by atoms with Gasteiger partial charge in [0.05, 0.1) is 18.7 Å². The number of carbonyl (C=O) groups excluding carboxylic acids is 2. The van der Waals surface area contributed by atoms with Crippen LogP contribution in [-0.2, 0) is 4.79 Å². The fourth-order valence-corrected chi connectivity index (χ4v) is 3.49. The van der Waals surface area contributed by atoms with E-state index in [-0.39, 0.29) is 17.7 Å². The number of benzene rings is 2. The van der Waals surface area contributed by atoms with Gasteiger partial charge in [-0.2, -0.15) is 5.10 Å². The van der Waals surface area contributed by atoms with Crippen LogP contribution in [0.5, 0.6) is 5.75 Å². The molecular formula is C22H22N4O3. The Morgan fingerprint density at radius 1 is 1.14 bits per heavy atom. The SMILES string of the molecule is COc1cccc(C(=O)N2CCC(C(=O)Nc3cccc(-n4cccn4)c3)C2)c1. The highest BCUT2D eigenvalue weighted by Crippen LogP contribution is 2.23. The minimum atomic E-state index is -0.238. The lowest BCUT2D eigenvalue weighted by atomic mass is 10.1. The Morgan fingerprint density at radius 3 is 2.79 bits per heavy atom. The summed E-state index contributed by atoms with van der Waals surface area (Å²) >= 11 is 0. The molecule has 1 atom stereocenters. The van der Waals surface area contributed by atoms with Crippen molar-refractivity contribution in [1.29, 1.82) is 0 Å². The Labute approximate surface area is 168 Å². The number of hydrogen-bond acceptors (Lipinski definition) is 4. The molecule has 2 heterocycles. The van der Waals surface area contributed by atoms with E-state index in [1.807, 2.05) is 36.5 Å². The zero-order valence-corrected chi connectivity index (χ0v) is 16.1. The number of carbonyl (C=O) groups is 2. The molecule has 7 nitrogen and oxygen atoms in total. The van der Waals surface area contributed by atoms with Gasteiger partial charge in [0, 0.05) is 36.7 Å². The number of hydrogen-bond donors (Lipinski definition) is 1. The first kappa shape index (κ1) is 18.7. The van der Waals surface area contributed by atoms with Crippen LogP contribution in [0.1, 0.15) is 16.8 Å². The fourth-order valence-electron chi connectivity index (χ4n) is 3.49. The third kappa shape index (κ3) is 4.13. The lowest BCUT2D eigenvalue weighted by Gasteiger charge is -2.17. The number of aromatic nitrogens is 2. The standard InChI is InChI=1S/C22H22N4O3/c1-29-20-8-2-5-16(13-20)22(28)25-12-9-17(15-25)21(27)24-18-6-3-7-19(14-18)26-11-4-10-23-26/h2-8,10-11,13-14,17H,9,12,15H2,1H3,(H,24,27). The number of likely N-dealkylation sites (tertiary alicyclic amines) is 1. The number of amides is 2. The first-order valence-corrected chi connectivity index (χ1v) is 9.48. The van der Waals surface area contributed by atoms with Gasteiger partial charge in [0.15, 0.2) is 0 Å². The molecule has 0 aliphatic carbocycles. The van der Waals surface area contributed by atoms with E-state index in [9.17, 15) is 9.59 Å². The van der Waals surface area contributed by atoms with Crippen molar-refractivity contribution >= 4 is 17.5 Å². The minimum absolute atomic E-state index is 0.0800. The Kier molecular flexibility index (Phi) is 5.29. The molecule has 2 amide bonds.